The summed E-state index contributed by atoms with van der Waals surface area (Å²) in [7, 11) is 0. The third-order valence-electron chi connectivity index (χ3n) is 3.12. The van der Waals surface area contributed by atoms with E-state index < -0.39 is 0 Å². The SMILES string of the molecule is Cc1noc([C@H]2CCCN(C(=O)C(C)C)C2)n1. The summed E-state index contributed by atoms with van der Waals surface area (Å²) >= 11 is 0. The summed E-state index contributed by atoms with van der Waals surface area (Å²) in [6.07, 6.45) is 2.02. The summed E-state index contributed by atoms with van der Waals surface area (Å²) < 4.78 is 5.19. The Morgan fingerprint density at radius 2 is 2.29 bits per heavy atom. The van der Waals surface area contributed by atoms with Crippen molar-refractivity contribution in [1.29, 1.82) is 0 Å². The van der Waals surface area contributed by atoms with Gasteiger partial charge in [0.05, 0.1) is 5.92 Å². The van der Waals surface area contributed by atoms with Crippen molar-refractivity contribution >= 4 is 5.91 Å². The second-order valence-corrected chi connectivity index (χ2v) is 4.96. The van der Waals surface area contributed by atoms with Crippen LogP contribution in [-0.4, -0.2) is 34.0 Å². The summed E-state index contributed by atoms with van der Waals surface area (Å²) in [5, 5.41) is 3.81. The molecule has 5 heteroatoms. The zero-order chi connectivity index (χ0) is 12.4. The molecule has 1 amide bonds. The highest BCUT2D eigenvalue weighted by molar-refractivity contribution is 5.78. The molecule has 1 atom stereocenters. The first-order valence-electron chi connectivity index (χ1n) is 6.17. The zero-order valence-electron chi connectivity index (χ0n) is 10.6. The normalized spacial score (nSPS) is 20.9. The number of carbonyl (C=O) groups is 1. The summed E-state index contributed by atoms with van der Waals surface area (Å²) in [4.78, 5) is 18.1. The lowest BCUT2D eigenvalue weighted by atomic mass is 9.97. The highest BCUT2D eigenvalue weighted by atomic mass is 16.5. The van der Waals surface area contributed by atoms with Crippen molar-refractivity contribution in [2.45, 2.75) is 39.5 Å². The number of hydrogen-bond acceptors (Lipinski definition) is 4. The number of aromatic nitrogens is 2. The first kappa shape index (κ1) is 12.1. The predicted octanol–water partition coefficient (Wildman–Crippen LogP) is 1.74. The number of nitrogens with zero attached hydrogens (tertiary/aromatic N) is 3. The molecule has 0 unspecified atom stereocenters. The molecule has 1 aliphatic heterocycles. The predicted molar refractivity (Wildman–Crippen MR) is 62.4 cm³/mol. The van der Waals surface area contributed by atoms with Crippen LogP contribution in [0.15, 0.2) is 4.52 Å². The number of amides is 1. The van der Waals surface area contributed by atoms with Crippen LogP contribution in [-0.2, 0) is 4.79 Å². The van der Waals surface area contributed by atoms with Crippen LogP contribution in [0.2, 0.25) is 0 Å². The Morgan fingerprint density at radius 1 is 1.53 bits per heavy atom. The Morgan fingerprint density at radius 3 is 2.88 bits per heavy atom. The van der Waals surface area contributed by atoms with Gasteiger partial charge in [-0.25, -0.2) is 0 Å². The molecule has 0 N–H and O–H groups in total. The molecule has 2 rings (SSSR count). The molecule has 1 saturated heterocycles. The van der Waals surface area contributed by atoms with Gasteiger partial charge in [-0.1, -0.05) is 19.0 Å². The number of aryl methyl sites for hydroxylation is 1. The van der Waals surface area contributed by atoms with E-state index in [1.807, 2.05) is 25.7 Å². The Balaban J connectivity index is 2.04. The molecule has 17 heavy (non-hydrogen) atoms. The van der Waals surface area contributed by atoms with Gasteiger partial charge in [0.25, 0.3) is 0 Å². The molecule has 0 aromatic carbocycles. The van der Waals surface area contributed by atoms with E-state index in [2.05, 4.69) is 10.1 Å². The van der Waals surface area contributed by atoms with E-state index in [1.54, 1.807) is 0 Å². The minimum atomic E-state index is 0.0539. The molecule has 0 spiro atoms. The van der Waals surface area contributed by atoms with E-state index in [0.29, 0.717) is 18.3 Å². The van der Waals surface area contributed by atoms with Crippen molar-refractivity contribution in [2.75, 3.05) is 13.1 Å². The van der Waals surface area contributed by atoms with E-state index in [4.69, 9.17) is 4.52 Å². The van der Waals surface area contributed by atoms with Crippen molar-refractivity contribution in [3.05, 3.63) is 11.7 Å². The highest BCUT2D eigenvalue weighted by Gasteiger charge is 2.28. The van der Waals surface area contributed by atoms with Crippen molar-refractivity contribution in [2.24, 2.45) is 5.92 Å². The fraction of sp³-hybridized carbons (Fsp3) is 0.750. The lowest BCUT2D eigenvalue weighted by molar-refractivity contribution is -0.135. The topological polar surface area (TPSA) is 59.2 Å². The van der Waals surface area contributed by atoms with E-state index in [1.165, 1.54) is 0 Å². The van der Waals surface area contributed by atoms with Gasteiger partial charge >= 0.3 is 0 Å². The first-order chi connectivity index (χ1) is 8.08. The quantitative estimate of drug-likeness (QED) is 0.786. The minimum Gasteiger partial charge on any atom is -0.342 e. The average Bonchev–Trinajstić information content (AvgIpc) is 2.75. The Bertz CT molecular complexity index is 400. The lowest BCUT2D eigenvalue weighted by Crippen LogP contribution is -2.41. The van der Waals surface area contributed by atoms with Crippen LogP contribution < -0.4 is 0 Å². The van der Waals surface area contributed by atoms with Gasteiger partial charge in [0.2, 0.25) is 11.8 Å². The van der Waals surface area contributed by atoms with Gasteiger partial charge in [-0.2, -0.15) is 4.98 Å². The van der Waals surface area contributed by atoms with Gasteiger partial charge in [0, 0.05) is 19.0 Å². The summed E-state index contributed by atoms with van der Waals surface area (Å²) in [6, 6.07) is 0. The number of hydrogen-bond donors (Lipinski definition) is 0. The van der Waals surface area contributed by atoms with Gasteiger partial charge < -0.3 is 9.42 Å². The van der Waals surface area contributed by atoms with Crippen molar-refractivity contribution in [3.63, 3.8) is 0 Å². The molecule has 0 bridgehead atoms. The van der Waals surface area contributed by atoms with Crippen molar-refractivity contribution in [3.8, 4) is 0 Å². The largest absolute Gasteiger partial charge is 0.342 e. The molecular weight excluding hydrogens is 218 g/mol. The molecule has 0 radical (unpaired) electrons. The molecule has 1 aromatic heterocycles. The van der Waals surface area contributed by atoms with Gasteiger partial charge in [-0.05, 0) is 19.8 Å². The van der Waals surface area contributed by atoms with Crippen LogP contribution in [0.3, 0.4) is 0 Å². The monoisotopic (exact) mass is 237 g/mol. The lowest BCUT2D eigenvalue weighted by Gasteiger charge is -2.32. The average molecular weight is 237 g/mol. The molecule has 5 nitrogen and oxygen atoms in total. The Kier molecular flexibility index (Phi) is 3.45. The van der Waals surface area contributed by atoms with Crippen LogP contribution in [0.1, 0.15) is 44.3 Å². The van der Waals surface area contributed by atoms with Crippen LogP contribution in [0.4, 0.5) is 0 Å². The van der Waals surface area contributed by atoms with Gasteiger partial charge in [0.1, 0.15) is 0 Å². The van der Waals surface area contributed by atoms with Gasteiger partial charge in [-0.15, -0.1) is 0 Å². The second kappa shape index (κ2) is 4.85. The fourth-order valence-corrected chi connectivity index (χ4v) is 2.22. The third kappa shape index (κ3) is 2.65. The van der Waals surface area contributed by atoms with Crippen molar-refractivity contribution in [1.82, 2.24) is 15.0 Å². The molecule has 0 aliphatic carbocycles. The summed E-state index contributed by atoms with van der Waals surface area (Å²) in [5.74, 6) is 1.80. The van der Waals surface area contributed by atoms with E-state index in [0.717, 1.165) is 19.4 Å². The first-order valence-corrected chi connectivity index (χ1v) is 6.17. The molecule has 2 heterocycles. The third-order valence-corrected chi connectivity index (χ3v) is 3.12. The second-order valence-electron chi connectivity index (χ2n) is 4.96. The maximum absolute atomic E-state index is 11.9. The van der Waals surface area contributed by atoms with Gasteiger partial charge in [0.15, 0.2) is 5.82 Å². The van der Waals surface area contributed by atoms with Crippen LogP contribution in [0, 0.1) is 12.8 Å². The fourth-order valence-electron chi connectivity index (χ4n) is 2.22. The maximum Gasteiger partial charge on any atom is 0.231 e. The van der Waals surface area contributed by atoms with Crippen LogP contribution in [0.5, 0.6) is 0 Å². The number of carbonyl (C=O) groups excluding carboxylic acids is 1. The molecular formula is C12H19N3O2. The van der Waals surface area contributed by atoms with Crippen LogP contribution in [0.25, 0.3) is 0 Å². The standard InChI is InChI=1S/C12H19N3O2/c1-8(2)12(16)15-6-4-5-10(7-15)11-13-9(3)14-17-11/h8,10H,4-7H2,1-3H3/t10-/m0/s1. The van der Waals surface area contributed by atoms with Crippen molar-refractivity contribution < 1.29 is 9.32 Å². The van der Waals surface area contributed by atoms with Crippen LogP contribution >= 0.6 is 0 Å². The van der Waals surface area contributed by atoms with Gasteiger partial charge in [-0.3, -0.25) is 4.79 Å². The van der Waals surface area contributed by atoms with E-state index in [9.17, 15) is 4.79 Å². The highest BCUT2D eigenvalue weighted by Crippen LogP contribution is 2.26. The minimum absolute atomic E-state index is 0.0539. The van der Waals surface area contributed by atoms with E-state index >= 15 is 0 Å². The summed E-state index contributed by atoms with van der Waals surface area (Å²) in [6.45, 7) is 7.23. The van der Waals surface area contributed by atoms with E-state index in [-0.39, 0.29) is 17.7 Å². The molecule has 1 aromatic rings. The molecule has 94 valence electrons. The smallest absolute Gasteiger partial charge is 0.231 e. The molecule has 1 aliphatic rings. The molecule has 0 saturated carbocycles. The zero-order valence-corrected chi connectivity index (χ0v) is 10.6. The maximum atomic E-state index is 11.9. The number of likely N-dealkylation sites (tertiary alicyclic amines) is 1. The Hall–Kier alpha value is -1.39. The Labute approximate surface area is 101 Å². The summed E-state index contributed by atoms with van der Waals surface area (Å²) in [5.41, 5.74) is 0. The molecule has 1 fully saturated rings. The number of rotatable bonds is 2. The number of piperidine rings is 1.